The third-order valence-corrected chi connectivity index (χ3v) is 1.55. The molecule has 66 valence electrons. The summed E-state index contributed by atoms with van der Waals surface area (Å²) in [7, 11) is 0. The number of hydrogen-bond acceptors (Lipinski definition) is 3. The summed E-state index contributed by atoms with van der Waals surface area (Å²) < 4.78 is 13.1. The van der Waals surface area contributed by atoms with Crippen molar-refractivity contribution in [2.24, 2.45) is 5.90 Å². The Morgan fingerprint density at radius 1 is 1.58 bits per heavy atom. The number of aryl methyl sites for hydroxylation is 1. The van der Waals surface area contributed by atoms with Crippen LogP contribution < -0.4 is 5.90 Å². The van der Waals surface area contributed by atoms with Gasteiger partial charge in [0.15, 0.2) is 0 Å². The van der Waals surface area contributed by atoms with Crippen LogP contribution in [0.2, 0.25) is 0 Å². The van der Waals surface area contributed by atoms with E-state index in [9.17, 15) is 4.39 Å². The van der Waals surface area contributed by atoms with Crippen LogP contribution in [-0.4, -0.2) is 5.11 Å². The molecule has 4 heteroatoms. The summed E-state index contributed by atoms with van der Waals surface area (Å²) in [5.41, 5.74) is 0.636. The predicted molar refractivity (Wildman–Crippen MR) is 41.8 cm³/mol. The molecule has 0 fully saturated rings. The number of phenolic OH excluding ortho intramolecular Hbond substituents is 1. The van der Waals surface area contributed by atoms with Gasteiger partial charge >= 0.3 is 0 Å². The van der Waals surface area contributed by atoms with E-state index in [1.54, 1.807) is 6.92 Å². The molecule has 0 bridgehead atoms. The molecule has 1 rings (SSSR count). The van der Waals surface area contributed by atoms with Crippen LogP contribution in [0.15, 0.2) is 12.1 Å². The fourth-order valence-electron chi connectivity index (χ4n) is 1.02. The first kappa shape index (κ1) is 8.96. The van der Waals surface area contributed by atoms with Crippen molar-refractivity contribution in [2.45, 2.75) is 13.5 Å². The van der Waals surface area contributed by atoms with E-state index in [2.05, 4.69) is 4.84 Å². The molecule has 0 heterocycles. The second-order valence-corrected chi connectivity index (χ2v) is 2.55. The molecule has 0 saturated heterocycles. The van der Waals surface area contributed by atoms with Crippen molar-refractivity contribution in [1.29, 1.82) is 0 Å². The molecule has 0 amide bonds. The van der Waals surface area contributed by atoms with Crippen LogP contribution in [0.5, 0.6) is 5.75 Å². The number of nitrogens with two attached hydrogens (primary N) is 1. The summed E-state index contributed by atoms with van der Waals surface area (Å²) in [6.45, 7) is 1.52. The summed E-state index contributed by atoms with van der Waals surface area (Å²) in [4.78, 5) is 4.27. The Bertz CT molecular complexity index is 289. The van der Waals surface area contributed by atoms with Crippen molar-refractivity contribution in [1.82, 2.24) is 0 Å². The van der Waals surface area contributed by atoms with Crippen LogP contribution >= 0.6 is 0 Å². The first-order valence-corrected chi connectivity index (χ1v) is 3.45. The summed E-state index contributed by atoms with van der Waals surface area (Å²) in [5.74, 6) is 4.41. The van der Waals surface area contributed by atoms with Crippen LogP contribution in [0.25, 0.3) is 0 Å². The van der Waals surface area contributed by atoms with Gasteiger partial charge in [0.1, 0.15) is 11.6 Å². The lowest BCUT2D eigenvalue weighted by Crippen LogP contribution is -2.02. The van der Waals surface area contributed by atoms with Crippen LogP contribution in [0, 0.1) is 12.7 Å². The summed E-state index contributed by atoms with van der Waals surface area (Å²) >= 11 is 0. The Hall–Kier alpha value is -1.13. The molecule has 3 nitrogen and oxygen atoms in total. The second-order valence-electron chi connectivity index (χ2n) is 2.55. The first-order chi connectivity index (χ1) is 5.65. The van der Waals surface area contributed by atoms with Gasteiger partial charge in [0.2, 0.25) is 0 Å². The highest BCUT2D eigenvalue weighted by molar-refractivity contribution is 5.34. The number of phenols is 1. The minimum Gasteiger partial charge on any atom is -0.508 e. The van der Waals surface area contributed by atoms with Crippen molar-refractivity contribution in [3.05, 3.63) is 29.1 Å². The van der Waals surface area contributed by atoms with Gasteiger partial charge in [-0.15, -0.1) is 0 Å². The van der Waals surface area contributed by atoms with Crippen molar-refractivity contribution in [3.8, 4) is 5.75 Å². The maximum absolute atomic E-state index is 13.1. The van der Waals surface area contributed by atoms with Gasteiger partial charge in [-0.25, -0.2) is 10.3 Å². The van der Waals surface area contributed by atoms with Gasteiger partial charge in [-0.05, 0) is 24.6 Å². The highest BCUT2D eigenvalue weighted by Gasteiger charge is 2.06. The highest BCUT2D eigenvalue weighted by atomic mass is 19.1. The maximum atomic E-state index is 13.1. The van der Waals surface area contributed by atoms with E-state index in [0.717, 1.165) is 0 Å². The average Bonchev–Trinajstić information content (AvgIpc) is 2.00. The molecule has 1 aromatic rings. The van der Waals surface area contributed by atoms with Crippen molar-refractivity contribution < 1.29 is 14.3 Å². The molecule has 0 spiro atoms. The van der Waals surface area contributed by atoms with Gasteiger partial charge < -0.3 is 5.11 Å². The van der Waals surface area contributed by atoms with Crippen molar-refractivity contribution in [2.75, 3.05) is 0 Å². The second kappa shape index (κ2) is 3.51. The third-order valence-electron chi connectivity index (χ3n) is 1.55. The number of aromatic hydroxyl groups is 1. The van der Waals surface area contributed by atoms with Gasteiger partial charge in [0.05, 0.1) is 6.61 Å². The number of halogens is 1. The Labute approximate surface area is 69.5 Å². The minimum atomic E-state index is -0.391. The van der Waals surface area contributed by atoms with E-state index < -0.39 is 5.82 Å². The fraction of sp³-hybridized carbons (Fsp3) is 0.250. The lowest BCUT2D eigenvalue weighted by molar-refractivity contribution is 0.121. The van der Waals surface area contributed by atoms with Gasteiger partial charge in [-0.1, -0.05) is 0 Å². The fourth-order valence-corrected chi connectivity index (χ4v) is 1.02. The van der Waals surface area contributed by atoms with Crippen LogP contribution in [0.4, 0.5) is 4.39 Å². The van der Waals surface area contributed by atoms with Gasteiger partial charge in [-0.2, -0.15) is 0 Å². The zero-order chi connectivity index (χ0) is 9.14. The number of rotatable bonds is 2. The summed E-state index contributed by atoms with van der Waals surface area (Å²) in [6, 6.07) is 2.63. The summed E-state index contributed by atoms with van der Waals surface area (Å²) in [6.07, 6.45) is 0. The average molecular weight is 171 g/mol. The molecule has 0 saturated carbocycles. The molecule has 0 aliphatic rings. The molecule has 0 unspecified atom stereocenters. The molecular formula is C8H10FNO2. The standard InChI is InChI=1S/C8H10FNO2/c1-5-2-7(11)3-6(4-12-10)8(5)9/h2-3,11H,4,10H2,1H3. The van der Waals surface area contributed by atoms with Crippen LogP contribution in [0.1, 0.15) is 11.1 Å². The lowest BCUT2D eigenvalue weighted by Gasteiger charge is -2.04. The van der Waals surface area contributed by atoms with E-state index in [-0.39, 0.29) is 17.9 Å². The van der Waals surface area contributed by atoms with Crippen molar-refractivity contribution >= 4 is 0 Å². The van der Waals surface area contributed by atoms with E-state index in [0.29, 0.717) is 5.56 Å². The normalized spacial score (nSPS) is 10.2. The van der Waals surface area contributed by atoms with Gasteiger partial charge in [-0.3, -0.25) is 4.84 Å². The maximum Gasteiger partial charge on any atom is 0.131 e. The monoisotopic (exact) mass is 171 g/mol. The van der Waals surface area contributed by atoms with E-state index >= 15 is 0 Å². The van der Waals surface area contributed by atoms with E-state index in [1.807, 2.05) is 0 Å². The Morgan fingerprint density at radius 2 is 2.25 bits per heavy atom. The predicted octanol–water partition coefficient (Wildman–Crippen LogP) is 1.23. The Kier molecular flexibility index (Phi) is 2.62. The largest absolute Gasteiger partial charge is 0.508 e. The molecule has 0 atom stereocenters. The zero-order valence-corrected chi connectivity index (χ0v) is 6.67. The van der Waals surface area contributed by atoms with E-state index in [4.69, 9.17) is 11.0 Å². The molecule has 0 radical (unpaired) electrons. The quantitative estimate of drug-likeness (QED) is 0.658. The molecule has 3 N–H and O–H groups in total. The van der Waals surface area contributed by atoms with Gasteiger partial charge in [0.25, 0.3) is 0 Å². The third kappa shape index (κ3) is 1.72. The van der Waals surface area contributed by atoms with Crippen LogP contribution in [-0.2, 0) is 11.4 Å². The summed E-state index contributed by atoms with van der Waals surface area (Å²) in [5, 5.41) is 9.08. The molecule has 0 aromatic heterocycles. The Morgan fingerprint density at radius 3 is 2.83 bits per heavy atom. The minimum absolute atomic E-state index is 0.0148. The smallest absolute Gasteiger partial charge is 0.131 e. The zero-order valence-electron chi connectivity index (χ0n) is 6.67. The van der Waals surface area contributed by atoms with E-state index in [1.165, 1.54) is 12.1 Å². The number of benzene rings is 1. The Balaban J connectivity index is 3.09. The van der Waals surface area contributed by atoms with Crippen LogP contribution in [0.3, 0.4) is 0 Å². The molecule has 0 aliphatic heterocycles. The van der Waals surface area contributed by atoms with Gasteiger partial charge in [0, 0.05) is 5.56 Å². The highest BCUT2D eigenvalue weighted by Crippen LogP contribution is 2.19. The first-order valence-electron chi connectivity index (χ1n) is 3.45. The molecule has 12 heavy (non-hydrogen) atoms. The molecule has 1 aromatic carbocycles. The molecular weight excluding hydrogens is 161 g/mol. The SMILES string of the molecule is Cc1cc(O)cc(CON)c1F. The topological polar surface area (TPSA) is 55.5 Å². The number of hydrogen-bond donors (Lipinski definition) is 2. The lowest BCUT2D eigenvalue weighted by atomic mass is 10.1. The molecule has 0 aliphatic carbocycles. The van der Waals surface area contributed by atoms with Crippen molar-refractivity contribution in [3.63, 3.8) is 0 Å².